The highest BCUT2D eigenvalue weighted by Gasteiger charge is 2.56. The summed E-state index contributed by atoms with van der Waals surface area (Å²) in [7, 11) is 4.63. The number of carbonyl (C=O) groups excluding carboxylic acids is 4. The molecule has 0 aromatic heterocycles. The van der Waals surface area contributed by atoms with Crippen molar-refractivity contribution in [3.63, 3.8) is 0 Å². The summed E-state index contributed by atoms with van der Waals surface area (Å²) in [6.07, 6.45) is 5.47. The van der Waals surface area contributed by atoms with Gasteiger partial charge in [0.05, 0.1) is 30.5 Å². The fraction of sp³-hybridized carbons (Fsp3) is 0.773. The summed E-state index contributed by atoms with van der Waals surface area (Å²) in [5.41, 5.74) is 1.61. The minimum atomic E-state index is -2.31. The van der Waals surface area contributed by atoms with Crippen LogP contribution in [0.1, 0.15) is 105 Å². The average Bonchev–Trinajstić information content (AvgIpc) is 3.24. The first-order chi connectivity index (χ1) is 28.6. The Kier molecular flexibility index (Phi) is 15.6. The van der Waals surface area contributed by atoms with Gasteiger partial charge >= 0.3 is 5.97 Å². The van der Waals surface area contributed by atoms with E-state index in [0.717, 1.165) is 5.57 Å². The third-order valence-electron chi connectivity index (χ3n) is 12.8. The second-order valence-corrected chi connectivity index (χ2v) is 17.2. The number of ether oxygens (including phenoxy) is 5. The lowest BCUT2D eigenvalue weighted by Gasteiger charge is -2.47. The number of piperidine rings is 1. The molecule has 57 heavy (non-hydrogen) atoms. The van der Waals surface area contributed by atoms with E-state index in [4.69, 9.17) is 43.3 Å². The zero-order valence-electron chi connectivity index (χ0n) is 38.3. The first-order valence-corrected chi connectivity index (χ1v) is 20.8. The van der Waals surface area contributed by atoms with E-state index in [1.165, 1.54) is 19.1 Å². The van der Waals surface area contributed by atoms with Crippen molar-refractivity contribution in [2.24, 2.45) is 29.6 Å². The van der Waals surface area contributed by atoms with Crippen LogP contribution in [0.3, 0.4) is 0 Å². The zero-order valence-corrected chi connectivity index (χ0v) is 35.3. The predicted molar refractivity (Wildman–Crippen MR) is 213 cm³/mol. The van der Waals surface area contributed by atoms with Crippen LogP contribution >= 0.6 is 0 Å². The fourth-order valence-corrected chi connectivity index (χ4v) is 9.38. The number of carbonyl (C=O) groups is 4. The van der Waals surface area contributed by atoms with Gasteiger partial charge in [-0.2, -0.15) is 0 Å². The van der Waals surface area contributed by atoms with E-state index in [1.807, 2.05) is 32.9 Å². The van der Waals surface area contributed by atoms with Crippen molar-refractivity contribution < 1.29 is 58.2 Å². The van der Waals surface area contributed by atoms with Gasteiger partial charge in [0.2, 0.25) is 10.1 Å². The van der Waals surface area contributed by atoms with Crippen molar-refractivity contribution in [3.05, 3.63) is 36.0 Å². The molecule has 3 aliphatic heterocycles. The zero-order chi connectivity index (χ0) is 44.3. The van der Waals surface area contributed by atoms with Gasteiger partial charge in [-0.15, -0.1) is 6.58 Å². The molecule has 0 unspecified atom stereocenters. The quantitative estimate of drug-likeness (QED) is 0.159. The summed E-state index contributed by atoms with van der Waals surface area (Å²) in [5, 5.41) is 15.4. The molecule has 1 saturated carbocycles. The summed E-state index contributed by atoms with van der Waals surface area (Å²) in [4.78, 5) is 58.7. The topological polar surface area (TPSA) is 178 Å². The Morgan fingerprint density at radius 1 is 0.965 bits per heavy atom. The highest BCUT2D eigenvalue weighted by atomic mass is 16.7. The molecule has 4 aliphatic rings. The smallest absolute Gasteiger partial charge is 0.329 e. The number of amides is 1. The van der Waals surface area contributed by atoms with E-state index in [2.05, 4.69) is 6.58 Å². The molecule has 2 saturated heterocycles. The Hall–Kier alpha value is -2.78. The molecule has 0 radical (unpaired) electrons. The number of esters is 1. The molecule has 1 aliphatic carbocycles. The van der Waals surface area contributed by atoms with Crippen molar-refractivity contribution in [2.75, 3.05) is 27.9 Å². The van der Waals surface area contributed by atoms with Crippen LogP contribution in [0.15, 0.2) is 36.0 Å². The van der Waals surface area contributed by atoms with E-state index < -0.39 is 77.8 Å². The summed E-state index contributed by atoms with van der Waals surface area (Å²) in [6, 6.07) is -1.16. The van der Waals surface area contributed by atoms with Crippen molar-refractivity contribution in [1.29, 1.82) is 4.29 Å². The van der Waals surface area contributed by atoms with Crippen LogP contribution in [0.5, 0.6) is 0 Å². The number of nitrogens with zero attached hydrogens (tertiary/aromatic N) is 1. The molecule has 2 bridgehead atoms. The maximum atomic E-state index is 14.5. The molecule has 3 heterocycles. The molecule has 0 aromatic rings. The molecule has 4 rings (SSSR count). The number of hydrogen-bond donors (Lipinski definition) is 3. The second kappa shape index (κ2) is 21.0. The lowest BCUT2D eigenvalue weighted by molar-refractivity contribution is -0.302. The number of fused-ring (bicyclic) bond motifs is 3. The van der Waals surface area contributed by atoms with Crippen LogP contribution in [0.25, 0.3) is 0 Å². The molecule has 322 valence electrons. The van der Waals surface area contributed by atoms with Gasteiger partial charge in [-0.25, -0.2) is 4.79 Å². The predicted octanol–water partition coefficient (Wildman–Crippen LogP) is 4.64. The second-order valence-electron chi connectivity index (χ2n) is 17.2. The first kappa shape index (κ1) is 42.3. The molecule has 3 fully saturated rings. The molecule has 0 aromatic carbocycles. The minimum Gasteiger partial charge on any atom is -0.456 e. The Bertz CT molecular complexity index is 1540. The van der Waals surface area contributed by atoms with Gasteiger partial charge in [0.15, 0.2) is 0 Å². The van der Waals surface area contributed by atoms with Crippen LogP contribution in [0.4, 0.5) is 0 Å². The van der Waals surface area contributed by atoms with Crippen LogP contribution in [0.2, 0.25) is 0 Å². The van der Waals surface area contributed by atoms with Gasteiger partial charge in [0.1, 0.15) is 24.0 Å². The number of aliphatic hydroxyl groups excluding tert-OH is 2. The molecule has 13 heteroatoms. The number of allylic oxidation sites excluding steroid dienone is 4. The number of hydrogen-bond acceptors (Lipinski definition) is 12. The van der Waals surface area contributed by atoms with Crippen LogP contribution in [-0.2, 0) is 42.9 Å². The largest absolute Gasteiger partial charge is 0.456 e. The van der Waals surface area contributed by atoms with Gasteiger partial charge < -0.3 is 43.9 Å². The van der Waals surface area contributed by atoms with Crippen molar-refractivity contribution in [2.45, 2.75) is 160 Å². The maximum Gasteiger partial charge on any atom is 0.329 e. The van der Waals surface area contributed by atoms with Gasteiger partial charge in [-0.1, -0.05) is 44.6 Å². The van der Waals surface area contributed by atoms with E-state index in [-0.39, 0.29) is 55.6 Å². The first-order valence-electron chi connectivity index (χ1n) is 22.0. The molecule has 0 spiro atoms. The lowest BCUT2D eigenvalue weighted by atomic mass is 9.81. The SMILES string of the molecule is [2H]O[C@H]1CC(=O)[C@H](CC=C)/C=C(\C)C[C@H](C)C[C@H](OC)[C@H]2O[C@@](O[2H])(C(=O)C(=O)N3CCCC[C@H]3C(=O)O[C@H](/C(C)=C/[C@@H]3CC[C@@H](O[2H])[C@H](OC)C3)[C@@H]1C)[C@H](C)C[C@@H]2OC. The van der Waals surface area contributed by atoms with Gasteiger partial charge in [-0.05, 0) is 95.5 Å². The van der Waals surface area contributed by atoms with Crippen molar-refractivity contribution >= 4 is 23.4 Å². The molecular formula is C44H69NO12. The molecule has 1 amide bonds. The average molecular weight is 807 g/mol. The lowest BCUT2D eigenvalue weighted by Crippen LogP contribution is -2.64. The number of ketones is 2. The molecule has 3 N–H and O–H groups in total. The Balaban J connectivity index is 1.82. The maximum absolute atomic E-state index is 14.5. The third kappa shape index (κ3) is 11.3. The summed E-state index contributed by atoms with van der Waals surface area (Å²) in [6.45, 7) is 13.2. The van der Waals surface area contributed by atoms with E-state index in [0.29, 0.717) is 56.9 Å². The number of aliphatic hydroxyl groups is 3. The van der Waals surface area contributed by atoms with Gasteiger partial charge in [0, 0.05) is 52.0 Å². The Labute approximate surface area is 343 Å². The number of methoxy groups -OCH3 is 3. The van der Waals surface area contributed by atoms with Crippen molar-refractivity contribution in [3.8, 4) is 0 Å². The molecular weight excluding hydrogens is 734 g/mol. The van der Waals surface area contributed by atoms with Crippen molar-refractivity contribution in [1.82, 2.24) is 4.90 Å². The summed E-state index contributed by atoms with van der Waals surface area (Å²) in [5.74, 6) is -7.42. The van der Waals surface area contributed by atoms with Gasteiger partial charge in [0.25, 0.3) is 11.7 Å². The fourth-order valence-electron chi connectivity index (χ4n) is 9.38. The normalized spacial score (nSPS) is 41.6. The summed E-state index contributed by atoms with van der Waals surface area (Å²) >= 11 is 0. The van der Waals surface area contributed by atoms with Gasteiger partial charge in [-0.3, -0.25) is 14.4 Å². The number of cyclic esters (lactones) is 1. The third-order valence-corrected chi connectivity index (χ3v) is 12.8. The molecule has 14 atom stereocenters. The monoisotopic (exact) mass is 807 g/mol. The van der Waals surface area contributed by atoms with E-state index in [9.17, 15) is 19.2 Å². The van der Waals surface area contributed by atoms with E-state index >= 15 is 0 Å². The molecule has 13 nitrogen and oxygen atoms in total. The van der Waals surface area contributed by atoms with Crippen LogP contribution in [0, 0.1) is 29.6 Å². The summed E-state index contributed by atoms with van der Waals surface area (Å²) < 4.78 is 54.1. The standard InChI is InChI=1S/C44H69NO12/c1-10-13-31-19-25(2)18-26(3)20-37(54-8)40-38(55-9)22-28(5)44(52,57-40)41(49)42(50)45-17-12-11-14-32(45)43(51)56-39(29(6)34(47)24-35(31)48)27(4)21-30-15-16-33(46)36(23-30)53-7/h10,19,21,26,28-34,36-40,46-47,52H,1,11-18,20,22-24H2,2-9H3/b25-19+,27-21+/t26-,28+,29+,30-,31+,32-,33+,34-,36+,37-,38-,39+,40+,44+/m0/s1/i46D,47D,52D. The number of Topliss-reactive ketones (excluding diaryl/α,β-unsaturated/α-hetero) is 2. The van der Waals surface area contributed by atoms with E-state index in [1.54, 1.807) is 27.0 Å². The van der Waals surface area contributed by atoms with Crippen LogP contribution < -0.4 is 0 Å². The Morgan fingerprint density at radius 3 is 2.32 bits per heavy atom. The highest BCUT2D eigenvalue weighted by molar-refractivity contribution is 6.39. The minimum absolute atomic E-state index is 0.00486. The van der Waals surface area contributed by atoms with Crippen LogP contribution in [-0.4, -0.2) is 130 Å². The number of rotatable bonds is 10. The Morgan fingerprint density at radius 2 is 1.67 bits per heavy atom. The highest BCUT2D eigenvalue weighted by Crippen LogP contribution is 2.39.